The second-order valence-corrected chi connectivity index (χ2v) is 15.9. The van der Waals surface area contributed by atoms with Crippen molar-refractivity contribution in [3.8, 4) is 0 Å². The van der Waals surface area contributed by atoms with Crippen LogP contribution in [0.15, 0.2) is 0 Å². The lowest BCUT2D eigenvalue weighted by atomic mass is 10.0. The summed E-state index contributed by atoms with van der Waals surface area (Å²) >= 11 is 0. The van der Waals surface area contributed by atoms with Crippen LogP contribution in [0.3, 0.4) is 0 Å². The first-order chi connectivity index (χ1) is 30.7. The molecule has 0 rings (SSSR count). The normalized spacial score (nSPS) is 14.9. The van der Waals surface area contributed by atoms with E-state index < -0.39 is 145 Å². The van der Waals surface area contributed by atoms with Crippen LogP contribution in [0, 0.1) is 5.92 Å². The van der Waals surface area contributed by atoms with Crippen LogP contribution in [0.1, 0.15) is 112 Å². The van der Waals surface area contributed by atoms with Gasteiger partial charge in [0.05, 0.1) is 12.2 Å². The van der Waals surface area contributed by atoms with Crippen molar-refractivity contribution in [1.82, 2.24) is 37.2 Å². The highest BCUT2D eigenvalue weighted by Gasteiger charge is 2.36. The van der Waals surface area contributed by atoms with Crippen LogP contribution in [0.5, 0.6) is 0 Å². The number of primary amides is 1. The van der Waals surface area contributed by atoms with Gasteiger partial charge in [-0.2, -0.15) is 0 Å². The molecule has 26 heteroatoms. The van der Waals surface area contributed by atoms with E-state index in [0.29, 0.717) is 32.2 Å². The van der Waals surface area contributed by atoms with Crippen molar-refractivity contribution in [2.75, 3.05) is 13.1 Å². The molecule has 66 heavy (non-hydrogen) atoms. The van der Waals surface area contributed by atoms with Gasteiger partial charge >= 0.3 is 11.9 Å². The molecule has 0 aromatic heterocycles. The van der Waals surface area contributed by atoms with Crippen LogP contribution in [0.4, 0.5) is 0 Å². The zero-order valence-electron chi connectivity index (χ0n) is 38.4. The number of aliphatic hydroxyl groups excluding tert-OH is 2. The Morgan fingerprint density at radius 2 is 0.818 bits per heavy atom. The Balaban J connectivity index is 0. The number of unbranched alkanes of at least 4 members (excludes halogenated alkanes) is 2. The maximum absolute atomic E-state index is 13.8. The average Bonchev–Trinajstić information content (AvgIpc) is 3.19. The van der Waals surface area contributed by atoms with Crippen LogP contribution in [0.2, 0.25) is 0 Å². The lowest BCUT2D eigenvalue weighted by Gasteiger charge is -2.29. The molecule has 0 aromatic carbocycles. The van der Waals surface area contributed by atoms with Gasteiger partial charge in [0, 0.05) is 26.7 Å². The second-order valence-electron chi connectivity index (χ2n) is 15.9. The minimum Gasteiger partial charge on any atom is -0.481 e. The molecule has 0 fully saturated rings. The fourth-order valence-corrected chi connectivity index (χ4v) is 5.94. The molecule has 0 saturated heterocycles. The predicted octanol–water partition coefficient (Wildman–Crippen LogP) is -4.23. The molecule has 0 saturated carbocycles. The molecule has 9 atom stereocenters. The Kier molecular flexibility index (Phi) is 31.5. The number of nitrogens with two attached hydrogens (primary N) is 3. The molecule has 0 aliphatic heterocycles. The number of hydrogen-bond acceptors (Lipinski definition) is 15. The Morgan fingerprint density at radius 1 is 0.470 bits per heavy atom. The van der Waals surface area contributed by atoms with Crippen LogP contribution in [-0.2, 0) is 52.7 Å². The summed E-state index contributed by atoms with van der Waals surface area (Å²) < 4.78 is 0. The molecule has 0 radical (unpaired) electrons. The zero-order chi connectivity index (χ0) is 51.3. The minimum atomic E-state index is -1.86. The van der Waals surface area contributed by atoms with Gasteiger partial charge in [-0.25, -0.2) is 4.79 Å². The van der Waals surface area contributed by atoms with E-state index in [2.05, 4.69) is 37.2 Å². The Bertz CT molecular complexity index is 1630. The van der Waals surface area contributed by atoms with Gasteiger partial charge in [0.25, 0.3) is 5.97 Å². The van der Waals surface area contributed by atoms with Gasteiger partial charge in [-0.15, -0.1) is 0 Å². The van der Waals surface area contributed by atoms with Gasteiger partial charge in [0.15, 0.2) is 0 Å². The first-order valence-electron chi connectivity index (χ1n) is 21.5. The van der Waals surface area contributed by atoms with Gasteiger partial charge in [-0.05, 0) is 90.6 Å². The summed E-state index contributed by atoms with van der Waals surface area (Å²) in [4.78, 5) is 136. The quantitative estimate of drug-likeness (QED) is 0.0284. The summed E-state index contributed by atoms with van der Waals surface area (Å²) in [6.07, 6.45) is -3.56. The summed E-state index contributed by atoms with van der Waals surface area (Å²) in [6.45, 7) is 8.73. The predicted molar refractivity (Wildman–Crippen MR) is 234 cm³/mol. The lowest BCUT2D eigenvalue weighted by Crippen LogP contribution is -2.62. The molecule has 9 unspecified atom stereocenters. The maximum Gasteiger partial charge on any atom is 0.326 e. The topological polar surface area (TPSA) is 451 Å². The van der Waals surface area contributed by atoms with Crippen LogP contribution in [0.25, 0.3) is 0 Å². The monoisotopic (exact) mass is 949 g/mol. The van der Waals surface area contributed by atoms with E-state index in [4.69, 9.17) is 27.1 Å². The third-order valence-corrected chi connectivity index (χ3v) is 9.26. The molecule has 378 valence electrons. The van der Waals surface area contributed by atoms with Crippen molar-refractivity contribution < 1.29 is 78.3 Å². The molecule has 0 aliphatic carbocycles. The van der Waals surface area contributed by atoms with E-state index >= 15 is 0 Å². The number of carbonyl (C=O) groups is 11. The first kappa shape index (κ1) is 62.1. The van der Waals surface area contributed by atoms with E-state index in [9.17, 15) is 68.4 Å². The Labute approximate surface area is 383 Å². The smallest absolute Gasteiger partial charge is 0.326 e. The van der Waals surface area contributed by atoms with E-state index in [1.165, 1.54) is 6.92 Å². The molecule has 0 spiro atoms. The number of amides is 8. The van der Waals surface area contributed by atoms with E-state index in [1.54, 1.807) is 0 Å². The van der Waals surface area contributed by atoms with E-state index in [-0.39, 0.29) is 31.7 Å². The summed E-state index contributed by atoms with van der Waals surface area (Å²) in [5.74, 6) is -11.2. The fraction of sp³-hybridized carbons (Fsp3) is 0.725. The van der Waals surface area contributed by atoms with Crippen molar-refractivity contribution >= 4 is 65.2 Å². The molecule has 26 nitrogen and oxygen atoms in total. The number of rotatable bonds is 32. The number of aliphatic hydroxyl groups is 2. The number of aliphatic carboxylic acids is 3. The Hall–Kier alpha value is -5.99. The van der Waals surface area contributed by atoms with Gasteiger partial charge < -0.3 is 80.0 Å². The molecular formula is C40H72N10O16. The third kappa shape index (κ3) is 28.0. The van der Waals surface area contributed by atoms with Gasteiger partial charge in [0.1, 0.15) is 42.3 Å². The molecule has 0 heterocycles. The molecule has 8 amide bonds. The van der Waals surface area contributed by atoms with Crippen molar-refractivity contribution in [2.24, 2.45) is 23.1 Å². The highest BCUT2D eigenvalue weighted by atomic mass is 16.4. The van der Waals surface area contributed by atoms with Gasteiger partial charge in [-0.1, -0.05) is 13.8 Å². The number of carboxylic acids is 3. The molecular weight excluding hydrogens is 876 g/mol. The van der Waals surface area contributed by atoms with Crippen molar-refractivity contribution in [3.63, 3.8) is 0 Å². The third-order valence-electron chi connectivity index (χ3n) is 9.26. The minimum absolute atomic E-state index is 0.00796. The number of carbonyl (C=O) groups excluding carboxylic acids is 8. The molecule has 0 aromatic rings. The number of hydrogen-bond donors (Lipinski definition) is 15. The van der Waals surface area contributed by atoms with E-state index in [1.807, 2.05) is 13.8 Å². The SMILES string of the molecule is CC(=O)NC(CC(C)C)C(=O)NC(CCCCN)C(=O)NC(CCCCN)C(=O)NC(C(=O)NC(CCC(=O)O)C(=O)NC(C(=O)NC(CCC(N)=O)C(=O)O)C(C)O)C(C)O.CC(=O)O. The fourth-order valence-electron chi connectivity index (χ4n) is 5.94. The van der Waals surface area contributed by atoms with Crippen molar-refractivity contribution in [2.45, 2.75) is 167 Å². The number of nitrogens with one attached hydrogen (secondary N) is 7. The molecule has 0 bridgehead atoms. The summed E-state index contributed by atoms with van der Waals surface area (Å²) in [5, 5.41) is 63.8. The lowest BCUT2D eigenvalue weighted by molar-refractivity contribution is -0.143. The van der Waals surface area contributed by atoms with Crippen LogP contribution >= 0.6 is 0 Å². The summed E-state index contributed by atoms with van der Waals surface area (Å²) in [5.41, 5.74) is 16.4. The second kappa shape index (κ2) is 33.5. The molecule has 0 aliphatic rings. The Morgan fingerprint density at radius 3 is 1.15 bits per heavy atom. The van der Waals surface area contributed by atoms with Gasteiger partial charge in [-0.3, -0.25) is 47.9 Å². The number of carboxylic acid groups (broad SMARTS) is 3. The standard InChI is InChI=1S/C38H68N10O14.C2H4O2/c1-19(2)18-27(42-22(5)51)35(58)44-23(10-6-8-16-39)32(55)43-24(11-7-9-17-40)33(56)47-30(20(3)49)36(59)45-25(13-15-29(53)54)34(57)48-31(21(4)50)37(60)46-26(38(61)62)12-14-28(41)52;1-2(3)4/h19-21,23-27,30-31,49-50H,6-18,39-40H2,1-5H3,(H2,41,52)(H,42,51)(H,43,55)(H,44,58)(H,45,59)(H,46,60)(H,47,56)(H,48,57)(H,53,54)(H,61,62);1H3,(H,3,4). The molecule has 18 N–H and O–H groups in total. The van der Waals surface area contributed by atoms with Crippen molar-refractivity contribution in [3.05, 3.63) is 0 Å². The van der Waals surface area contributed by atoms with Gasteiger partial charge in [0.2, 0.25) is 47.3 Å². The summed E-state index contributed by atoms with van der Waals surface area (Å²) in [6, 6.07) is -10.6. The van der Waals surface area contributed by atoms with Crippen molar-refractivity contribution in [1.29, 1.82) is 0 Å². The van der Waals surface area contributed by atoms with Crippen LogP contribution in [-0.4, -0.2) is 158 Å². The zero-order valence-corrected chi connectivity index (χ0v) is 38.4. The summed E-state index contributed by atoms with van der Waals surface area (Å²) in [7, 11) is 0. The first-order valence-corrected chi connectivity index (χ1v) is 21.5. The average molecular weight is 949 g/mol. The van der Waals surface area contributed by atoms with E-state index in [0.717, 1.165) is 20.8 Å². The largest absolute Gasteiger partial charge is 0.481 e. The maximum atomic E-state index is 13.8. The van der Waals surface area contributed by atoms with Crippen LogP contribution < -0.4 is 54.4 Å². The highest BCUT2D eigenvalue weighted by Crippen LogP contribution is 2.11. The highest BCUT2D eigenvalue weighted by molar-refractivity contribution is 5.97.